The number of rotatable bonds is 4. The van der Waals surface area contributed by atoms with Crippen molar-refractivity contribution in [3.63, 3.8) is 0 Å². The van der Waals surface area contributed by atoms with Crippen LogP contribution in [0.25, 0.3) is 6.08 Å². The monoisotopic (exact) mass is 192 g/mol. The highest BCUT2D eigenvalue weighted by Gasteiger charge is 1.88. The van der Waals surface area contributed by atoms with Crippen molar-refractivity contribution in [1.29, 1.82) is 0 Å². The molecule has 0 aliphatic heterocycles. The summed E-state index contributed by atoms with van der Waals surface area (Å²) in [5.74, 6) is 0. The number of aldehydes is 1. The molecule has 0 radical (unpaired) electrons. The molecule has 0 saturated heterocycles. The van der Waals surface area contributed by atoms with Gasteiger partial charge in [0, 0.05) is 11.3 Å². The predicted molar refractivity (Wildman–Crippen MR) is 57.9 cm³/mol. The lowest BCUT2D eigenvalue weighted by Gasteiger charge is -1.95. The maximum Gasteiger partial charge on any atom is 0.123 e. The summed E-state index contributed by atoms with van der Waals surface area (Å²) in [5.41, 5.74) is 1.14. The standard InChI is InChI=1S/C11H12OS/c1-13-11-7-5-10(6-8-11)4-2-3-9-12/h2,4-9H,3H2,1H3. The molecule has 2 heteroatoms. The van der Waals surface area contributed by atoms with E-state index >= 15 is 0 Å². The first-order chi connectivity index (χ1) is 6.36. The Morgan fingerprint density at radius 1 is 1.31 bits per heavy atom. The van der Waals surface area contributed by atoms with Crippen LogP contribution in [-0.2, 0) is 4.79 Å². The number of thioether (sulfide) groups is 1. The molecule has 0 aliphatic carbocycles. The third kappa shape index (κ3) is 3.47. The molecule has 0 fully saturated rings. The topological polar surface area (TPSA) is 17.1 Å². The summed E-state index contributed by atoms with van der Waals surface area (Å²) in [4.78, 5) is 11.3. The van der Waals surface area contributed by atoms with Gasteiger partial charge >= 0.3 is 0 Å². The quantitative estimate of drug-likeness (QED) is 0.539. The fourth-order valence-electron chi connectivity index (χ4n) is 0.975. The third-order valence-electron chi connectivity index (χ3n) is 1.66. The lowest BCUT2D eigenvalue weighted by molar-refractivity contribution is -0.107. The molecule has 0 aliphatic rings. The Labute approximate surface area is 82.9 Å². The Morgan fingerprint density at radius 2 is 2.00 bits per heavy atom. The van der Waals surface area contributed by atoms with Crippen LogP contribution in [0.5, 0.6) is 0 Å². The molecule has 68 valence electrons. The van der Waals surface area contributed by atoms with E-state index in [9.17, 15) is 4.79 Å². The second-order valence-electron chi connectivity index (χ2n) is 2.58. The zero-order valence-electron chi connectivity index (χ0n) is 7.57. The maximum absolute atomic E-state index is 10.0. The van der Waals surface area contributed by atoms with Crippen LogP contribution < -0.4 is 0 Å². The van der Waals surface area contributed by atoms with Crippen LogP contribution in [0.2, 0.25) is 0 Å². The largest absolute Gasteiger partial charge is 0.303 e. The molecule has 13 heavy (non-hydrogen) atoms. The maximum atomic E-state index is 10.0. The summed E-state index contributed by atoms with van der Waals surface area (Å²) in [6, 6.07) is 8.25. The van der Waals surface area contributed by atoms with E-state index in [4.69, 9.17) is 0 Å². The summed E-state index contributed by atoms with van der Waals surface area (Å²) < 4.78 is 0. The van der Waals surface area contributed by atoms with E-state index in [0.29, 0.717) is 6.42 Å². The average Bonchev–Trinajstić information content (AvgIpc) is 2.19. The van der Waals surface area contributed by atoms with Gasteiger partial charge < -0.3 is 4.79 Å². The number of carbonyl (C=O) groups is 1. The van der Waals surface area contributed by atoms with Gasteiger partial charge in [-0.2, -0.15) is 0 Å². The Balaban J connectivity index is 2.63. The molecule has 0 aromatic heterocycles. The molecule has 0 N–H and O–H groups in total. The highest BCUT2D eigenvalue weighted by atomic mass is 32.2. The molecule has 0 bridgehead atoms. The molecule has 1 aromatic rings. The first kappa shape index (κ1) is 10.1. The second kappa shape index (κ2) is 5.60. The van der Waals surface area contributed by atoms with Crippen molar-refractivity contribution >= 4 is 24.1 Å². The molecule has 0 unspecified atom stereocenters. The smallest absolute Gasteiger partial charge is 0.123 e. The Kier molecular flexibility index (Phi) is 4.33. The van der Waals surface area contributed by atoms with Gasteiger partial charge in [0.25, 0.3) is 0 Å². The fourth-order valence-corrected chi connectivity index (χ4v) is 1.38. The van der Waals surface area contributed by atoms with Gasteiger partial charge in [-0.1, -0.05) is 24.3 Å². The number of allylic oxidation sites excluding steroid dienone is 1. The van der Waals surface area contributed by atoms with Gasteiger partial charge in [-0.25, -0.2) is 0 Å². The highest BCUT2D eigenvalue weighted by Crippen LogP contribution is 2.15. The van der Waals surface area contributed by atoms with E-state index < -0.39 is 0 Å². The summed E-state index contributed by atoms with van der Waals surface area (Å²) in [5, 5.41) is 0. The number of hydrogen-bond acceptors (Lipinski definition) is 2. The van der Waals surface area contributed by atoms with E-state index in [1.165, 1.54) is 4.90 Å². The normalized spacial score (nSPS) is 10.5. The van der Waals surface area contributed by atoms with E-state index in [0.717, 1.165) is 11.8 Å². The van der Waals surface area contributed by atoms with Crippen LogP contribution in [0.4, 0.5) is 0 Å². The first-order valence-electron chi connectivity index (χ1n) is 4.11. The van der Waals surface area contributed by atoms with Crippen LogP contribution >= 0.6 is 11.8 Å². The number of hydrogen-bond donors (Lipinski definition) is 0. The van der Waals surface area contributed by atoms with Gasteiger partial charge in [0.2, 0.25) is 0 Å². The van der Waals surface area contributed by atoms with Crippen molar-refractivity contribution in [2.45, 2.75) is 11.3 Å². The van der Waals surface area contributed by atoms with Crippen molar-refractivity contribution in [3.05, 3.63) is 35.9 Å². The Bertz CT molecular complexity index is 287. The lowest BCUT2D eigenvalue weighted by atomic mass is 10.2. The molecule has 1 rings (SSSR count). The van der Waals surface area contributed by atoms with E-state index in [1.807, 2.05) is 24.3 Å². The lowest BCUT2D eigenvalue weighted by Crippen LogP contribution is -1.73. The minimum Gasteiger partial charge on any atom is -0.303 e. The molecule has 0 saturated carbocycles. The minimum atomic E-state index is 0.490. The minimum absolute atomic E-state index is 0.490. The second-order valence-corrected chi connectivity index (χ2v) is 3.46. The highest BCUT2D eigenvalue weighted by molar-refractivity contribution is 7.98. The molecule has 1 nitrogen and oxygen atoms in total. The molecule has 0 amide bonds. The summed E-state index contributed by atoms with van der Waals surface area (Å²) in [6.07, 6.45) is 7.26. The number of carbonyl (C=O) groups excluding carboxylic acids is 1. The predicted octanol–water partition coefficient (Wildman–Crippen LogP) is 3.01. The fraction of sp³-hybridized carbons (Fsp3) is 0.182. The molecule has 1 aromatic carbocycles. The van der Waals surface area contributed by atoms with E-state index in [-0.39, 0.29) is 0 Å². The molecular formula is C11H12OS. The summed E-state index contributed by atoms with van der Waals surface area (Å²) in [6.45, 7) is 0. The van der Waals surface area contributed by atoms with Gasteiger partial charge in [-0.15, -0.1) is 11.8 Å². The summed E-state index contributed by atoms with van der Waals surface area (Å²) in [7, 11) is 0. The van der Waals surface area contributed by atoms with Crippen LogP contribution in [0, 0.1) is 0 Å². The van der Waals surface area contributed by atoms with Crippen LogP contribution in [0.3, 0.4) is 0 Å². The molecule has 0 atom stereocenters. The van der Waals surface area contributed by atoms with E-state index in [2.05, 4.69) is 18.4 Å². The third-order valence-corrected chi connectivity index (χ3v) is 2.40. The Morgan fingerprint density at radius 3 is 2.54 bits per heavy atom. The van der Waals surface area contributed by atoms with E-state index in [1.54, 1.807) is 11.8 Å². The van der Waals surface area contributed by atoms with Gasteiger partial charge in [0.1, 0.15) is 6.29 Å². The zero-order valence-corrected chi connectivity index (χ0v) is 8.38. The van der Waals surface area contributed by atoms with Gasteiger partial charge in [-0.3, -0.25) is 0 Å². The first-order valence-corrected chi connectivity index (χ1v) is 5.33. The van der Waals surface area contributed by atoms with Crippen LogP contribution in [0.15, 0.2) is 35.2 Å². The average molecular weight is 192 g/mol. The molecule has 0 heterocycles. The zero-order chi connectivity index (χ0) is 9.52. The van der Waals surface area contributed by atoms with Gasteiger partial charge in [0.15, 0.2) is 0 Å². The molecule has 0 spiro atoms. The van der Waals surface area contributed by atoms with Crippen molar-refractivity contribution in [2.24, 2.45) is 0 Å². The van der Waals surface area contributed by atoms with Gasteiger partial charge in [0.05, 0.1) is 0 Å². The molecular weight excluding hydrogens is 180 g/mol. The van der Waals surface area contributed by atoms with Crippen molar-refractivity contribution in [3.8, 4) is 0 Å². The van der Waals surface area contributed by atoms with Crippen molar-refractivity contribution in [1.82, 2.24) is 0 Å². The van der Waals surface area contributed by atoms with Crippen LogP contribution in [-0.4, -0.2) is 12.5 Å². The number of benzene rings is 1. The summed E-state index contributed by atoms with van der Waals surface area (Å²) >= 11 is 1.73. The Hall–Kier alpha value is -1.02. The van der Waals surface area contributed by atoms with Gasteiger partial charge in [-0.05, 0) is 24.0 Å². The van der Waals surface area contributed by atoms with Crippen molar-refractivity contribution in [2.75, 3.05) is 6.26 Å². The van der Waals surface area contributed by atoms with Crippen LogP contribution in [0.1, 0.15) is 12.0 Å². The SMILES string of the molecule is CSc1ccc(C=CCC=O)cc1. The van der Waals surface area contributed by atoms with Crippen molar-refractivity contribution < 1.29 is 4.79 Å².